The highest BCUT2D eigenvalue weighted by Gasteiger charge is 2.51. The summed E-state index contributed by atoms with van der Waals surface area (Å²) in [7, 11) is 3.79. The van der Waals surface area contributed by atoms with Gasteiger partial charge < -0.3 is 91.7 Å². The topological polar surface area (TPSA) is 344 Å². The number of rotatable bonds is 14. The van der Waals surface area contributed by atoms with Crippen molar-refractivity contribution in [1.29, 1.82) is 0 Å². The average molecular weight is 1120 g/mol. The Morgan fingerprint density at radius 1 is 0.671 bits per heavy atom. The fourth-order valence-corrected chi connectivity index (χ4v) is 10.1. The van der Waals surface area contributed by atoms with E-state index < -0.39 is 147 Å². The summed E-state index contributed by atoms with van der Waals surface area (Å²) in [5, 5.41) is 116. The predicted molar refractivity (Wildman–Crippen MR) is 300 cm³/mol. The molecule has 2 bridgehead atoms. The van der Waals surface area contributed by atoms with Crippen LogP contribution in [0.4, 0.5) is 0 Å². The van der Waals surface area contributed by atoms with E-state index in [1.807, 2.05) is 85.5 Å². The van der Waals surface area contributed by atoms with Crippen LogP contribution in [0.3, 0.4) is 0 Å². The Hall–Kier alpha value is -3.56. The van der Waals surface area contributed by atoms with Gasteiger partial charge in [0.05, 0.1) is 85.5 Å². The Morgan fingerprint density at radius 2 is 1.25 bits per heavy atom. The van der Waals surface area contributed by atoms with Gasteiger partial charge in [-0.05, 0) is 99.2 Å². The van der Waals surface area contributed by atoms with Gasteiger partial charge in [0.15, 0.2) is 12.1 Å². The molecule has 15 N–H and O–H groups in total. The van der Waals surface area contributed by atoms with Crippen LogP contribution in [0.25, 0.3) is 0 Å². The van der Waals surface area contributed by atoms with Crippen LogP contribution >= 0.6 is 0 Å². The third-order valence-corrected chi connectivity index (χ3v) is 14.8. The molecule has 21 nitrogen and oxygen atoms in total. The molecule has 19 atom stereocenters. The summed E-state index contributed by atoms with van der Waals surface area (Å²) in [6, 6.07) is -0.845. The summed E-state index contributed by atoms with van der Waals surface area (Å²) >= 11 is 0. The van der Waals surface area contributed by atoms with Crippen LogP contribution in [0.15, 0.2) is 85.1 Å². The molecule has 2 fully saturated rings. The molecule has 2 saturated heterocycles. The molecule has 79 heavy (non-hydrogen) atoms. The summed E-state index contributed by atoms with van der Waals surface area (Å²) in [6.45, 7) is 9.50. The minimum atomic E-state index is -2.28. The monoisotopic (exact) mass is 1120 g/mol. The van der Waals surface area contributed by atoms with Gasteiger partial charge in [-0.2, -0.15) is 0 Å². The fraction of sp³-hybridized carbons (Fsp3) is 0.724. The van der Waals surface area contributed by atoms with E-state index in [2.05, 4.69) is 5.32 Å². The van der Waals surface area contributed by atoms with Crippen LogP contribution in [0.5, 0.6) is 0 Å². The lowest BCUT2D eigenvalue weighted by molar-refractivity contribution is -0.311. The number of hydrogen-bond acceptors (Lipinski definition) is 20. The van der Waals surface area contributed by atoms with Gasteiger partial charge in [0.1, 0.15) is 12.2 Å². The van der Waals surface area contributed by atoms with E-state index in [1.165, 1.54) is 0 Å². The summed E-state index contributed by atoms with van der Waals surface area (Å²) in [6.07, 6.45) is 6.96. The van der Waals surface area contributed by atoms with Gasteiger partial charge in [-0.15, -0.1) is 0 Å². The zero-order chi connectivity index (χ0) is 58.7. The highest BCUT2D eigenvalue weighted by Crippen LogP contribution is 2.38. The Labute approximate surface area is 468 Å². The van der Waals surface area contributed by atoms with Crippen molar-refractivity contribution >= 4 is 11.9 Å². The number of ether oxygens (including phenoxy) is 4. The molecule has 21 heteroatoms. The minimum Gasteiger partial charge on any atom is -0.462 e. The minimum absolute atomic E-state index is 0.0956. The standard InChI is InChI=1S/C58H99N5O16/c1-38-22-17-15-13-11-9-7-8-10-12-14-16-18-23-45(78-57-55(73)52(54(72)41(4)77-57)63(30-19-26-59)31-20-27-60)35-49-51(56(74)61-28-21-29-62(5)6)48(69)37-58(75,79-49)36-44(66)33-47(68)46(67)25-24-42(64)32-43(65)34-50(70)76-40(3)39(2)53(38)71/h7-18,22-23,38-49,51-55,57,64-69,71-73,75H,19-21,24-37,59-60H2,1-6H3,(H,61,74)/b8-7+,11-9+,12-10+,15-13+,16-14+,22-17+,23-18+/t38-,39-,40-,41+,42+,43+,44-,45-,46+,47+,48-,49-,51+,52-,53+,54+,55-,57?,58+/m0/s1. The molecule has 1 amide bonds. The van der Waals surface area contributed by atoms with Crippen molar-refractivity contribution < 1.29 is 79.6 Å². The molecule has 0 saturated carbocycles. The average Bonchev–Trinajstić information content (AvgIpc) is 3.46. The van der Waals surface area contributed by atoms with Crippen molar-refractivity contribution in [3.8, 4) is 0 Å². The number of cyclic esters (lactones) is 1. The van der Waals surface area contributed by atoms with Crippen LogP contribution in [0.2, 0.25) is 0 Å². The molecular weight excluding hydrogens is 1020 g/mol. The van der Waals surface area contributed by atoms with Crippen LogP contribution in [0.1, 0.15) is 98.3 Å². The van der Waals surface area contributed by atoms with E-state index >= 15 is 0 Å². The molecule has 3 aliphatic heterocycles. The van der Waals surface area contributed by atoms with Crippen LogP contribution < -0.4 is 16.8 Å². The molecule has 1 unspecified atom stereocenters. The van der Waals surface area contributed by atoms with Gasteiger partial charge in [0, 0.05) is 44.1 Å². The number of carbonyl (C=O) groups excluding carboxylic acids is 2. The number of carbonyl (C=O) groups is 2. The highest BCUT2D eigenvalue weighted by atomic mass is 16.7. The first-order valence-corrected chi connectivity index (χ1v) is 28.3. The molecule has 0 aliphatic carbocycles. The normalized spacial score (nSPS) is 39.7. The quantitative estimate of drug-likeness (QED) is 0.0842. The maximum absolute atomic E-state index is 14.1. The Balaban J connectivity index is 2.02. The van der Waals surface area contributed by atoms with E-state index in [-0.39, 0.29) is 38.1 Å². The van der Waals surface area contributed by atoms with Gasteiger partial charge in [-0.1, -0.05) is 98.9 Å². The van der Waals surface area contributed by atoms with Gasteiger partial charge in [-0.3, -0.25) is 14.5 Å². The predicted octanol–water partition coefficient (Wildman–Crippen LogP) is 0.736. The molecule has 0 aromatic heterocycles. The van der Waals surface area contributed by atoms with Gasteiger partial charge in [0.2, 0.25) is 5.91 Å². The molecule has 3 rings (SSSR count). The summed E-state index contributed by atoms with van der Waals surface area (Å²) in [5.74, 6) is -5.57. The van der Waals surface area contributed by atoms with Crippen molar-refractivity contribution in [2.75, 3.05) is 53.4 Å². The maximum atomic E-state index is 14.1. The smallest absolute Gasteiger partial charge is 0.308 e. The number of nitrogens with zero attached hydrogens (tertiary/aromatic N) is 2. The number of allylic oxidation sites excluding steroid dienone is 12. The SMILES string of the molecule is C[C@@H]1[C@H](O)[C@@H](C)/C=C/C=C/C=C/C=C/C=C/C=C/C=C/[C@H](OC2O[C@H](C)[C@@H](O)[C@H](N(CCCN)CCCN)[C@@H]2O)C[C@@H]2O[C@](O)(C[C@@H](O)C[C@@H](O)[C@H](O)CC[C@@H](O)C[C@@H](O)CC(=O)O[C@H]1C)C[C@H](O)[C@H]2C(=O)NCCCN(C)C. The Morgan fingerprint density at radius 3 is 1.84 bits per heavy atom. The van der Waals surface area contributed by atoms with E-state index in [9.17, 15) is 60.7 Å². The first kappa shape index (κ1) is 69.7. The molecule has 0 spiro atoms. The first-order valence-electron chi connectivity index (χ1n) is 28.3. The van der Waals surface area contributed by atoms with Crippen molar-refractivity contribution in [3.63, 3.8) is 0 Å². The zero-order valence-corrected chi connectivity index (χ0v) is 47.5. The maximum Gasteiger partial charge on any atom is 0.308 e. The van der Waals surface area contributed by atoms with Crippen molar-refractivity contribution in [2.45, 2.75) is 196 Å². The lowest BCUT2D eigenvalue weighted by atomic mass is 9.82. The van der Waals surface area contributed by atoms with Crippen molar-refractivity contribution in [1.82, 2.24) is 15.1 Å². The fourth-order valence-electron chi connectivity index (χ4n) is 10.1. The molecule has 0 aromatic rings. The highest BCUT2D eigenvalue weighted by molar-refractivity contribution is 5.80. The van der Waals surface area contributed by atoms with E-state index in [4.69, 9.17) is 30.4 Å². The lowest BCUT2D eigenvalue weighted by Crippen LogP contribution is -2.64. The van der Waals surface area contributed by atoms with E-state index in [0.717, 1.165) is 0 Å². The molecular formula is C58H99N5O16. The second-order valence-electron chi connectivity index (χ2n) is 21.9. The Kier molecular flexibility index (Phi) is 32.5. The van der Waals surface area contributed by atoms with E-state index in [1.54, 1.807) is 51.2 Å². The molecule has 0 radical (unpaired) electrons. The third kappa shape index (κ3) is 25.2. The van der Waals surface area contributed by atoms with Crippen molar-refractivity contribution in [3.05, 3.63) is 85.1 Å². The zero-order valence-electron chi connectivity index (χ0n) is 47.5. The number of amides is 1. The first-order chi connectivity index (χ1) is 37.5. The lowest BCUT2D eigenvalue weighted by Gasteiger charge is -2.48. The van der Waals surface area contributed by atoms with Gasteiger partial charge in [-0.25, -0.2) is 0 Å². The van der Waals surface area contributed by atoms with Gasteiger partial charge in [0.25, 0.3) is 0 Å². The number of nitrogens with two attached hydrogens (primary N) is 2. The third-order valence-electron chi connectivity index (χ3n) is 14.8. The largest absolute Gasteiger partial charge is 0.462 e. The molecule has 3 heterocycles. The molecule has 452 valence electrons. The second-order valence-corrected chi connectivity index (χ2v) is 21.9. The molecule has 0 aromatic carbocycles. The number of esters is 1. The number of fused-ring (bicyclic) bond motifs is 2. The van der Waals surface area contributed by atoms with Crippen LogP contribution in [0, 0.1) is 17.8 Å². The Bertz CT molecular complexity index is 1950. The number of aliphatic hydroxyl groups excluding tert-OH is 9. The van der Waals surface area contributed by atoms with Gasteiger partial charge >= 0.3 is 5.97 Å². The van der Waals surface area contributed by atoms with Crippen LogP contribution in [-0.4, -0.2) is 224 Å². The summed E-state index contributed by atoms with van der Waals surface area (Å²) in [5.41, 5.74) is 11.7. The summed E-state index contributed by atoms with van der Waals surface area (Å²) in [4.78, 5) is 30.7. The second kappa shape index (κ2) is 36.8. The summed E-state index contributed by atoms with van der Waals surface area (Å²) < 4.78 is 24.6. The van der Waals surface area contributed by atoms with Crippen LogP contribution in [-0.2, 0) is 28.5 Å². The van der Waals surface area contributed by atoms with E-state index in [0.29, 0.717) is 52.0 Å². The van der Waals surface area contributed by atoms with Crippen molar-refractivity contribution in [2.24, 2.45) is 29.2 Å². The number of hydrogen-bond donors (Lipinski definition) is 13. The number of nitrogens with one attached hydrogen (secondary N) is 1. The molecule has 3 aliphatic rings. The number of aliphatic hydroxyl groups is 10.